The van der Waals surface area contributed by atoms with Gasteiger partial charge in [-0.2, -0.15) is 0 Å². The van der Waals surface area contributed by atoms with Gasteiger partial charge in [0.1, 0.15) is 24.1 Å². The number of sulfonamides is 1. The second kappa shape index (κ2) is 14.3. The molecule has 3 aromatic carbocycles. The molecule has 1 N–H and O–H groups in total. The van der Waals surface area contributed by atoms with Crippen molar-refractivity contribution in [3.05, 3.63) is 82.3 Å². The van der Waals surface area contributed by atoms with Gasteiger partial charge in [0.25, 0.3) is 10.0 Å². The number of hydrogen-bond donors (Lipinski definition) is 1. The van der Waals surface area contributed by atoms with Gasteiger partial charge in [-0.25, -0.2) is 8.42 Å². The third-order valence-electron chi connectivity index (χ3n) is 6.49. The van der Waals surface area contributed by atoms with Gasteiger partial charge in [0.05, 0.1) is 34.8 Å². The predicted molar refractivity (Wildman–Crippen MR) is 170 cm³/mol. The molecule has 43 heavy (non-hydrogen) atoms. The molecular formula is C31H37Cl2N3O6S. The predicted octanol–water partition coefficient (Wildman–Crippen LogP) is 5.93. The van der Waals surface area contributed by atoms with E-state index in [1.54, 1.807) is 55.5 Å². The second-order valence-corrected chi connectivity index (χ2v) is 13.5. The number of ether oxygens (including phenoxy) is 2. The maximum absolute atomic E-state index is 14.3. The molecule has 0 saturated carbocycles. The van der Waals surface area contributed by atoms with Crippen LogP contribution in [0.25, 0.3) is 0 Å². The van der Waals surface area contributed by atoms with E-state index in [1.807, 2.05) is 20.8 Å². The Morgan fingerprint density at radius 2 is 1.60 bits per heavy atom. The normalized spacial score (nSPS) is 12.3. The Kier molecular flexibility index (Phi) is 11.3. The van der Waals surface area contributed by atoms with Crippen LogP contribution in [0.3, 0.4) is 0 Å². The minimum absolute atomic E-state index is 0.0266. The van der Waals surface area contributed by atoms with Crippen molar-refractivity contribution in [3.8, 4) is 11.5 Å². The summed E-state index contributed by atoms with van der Waals surface area (Å²) in [7, 11) is -1.44. The fourth-order valence-electron chi connectivity index (χ4n) is 4.43. The number of hydrogen-bond acceptors (Lipinski definition) is 6. The lowest BCUT2D eigenvalue weighted by Crippen LogP contribution is -2.55. The highest BCUT2D eigenvalue weighted by Crippen LogP contribution is 2.36. The molecule has 1 atom stereocenters. The molecule has 0 heterocycles. The second-order valence-electron chi connectivity index (χ2n) is 10.8. The molecule has 0 saturated heterocycles. The zero-order valence-corrected chi connectivity index (χ0v) is 27.4. The molecule has 1 unspecified atom stereocenters. The Morgan fingerprint density at radius 1 is 0.930 bits per heavy atom. The lowest BCUT2D eigenvalue weighted by molar-refractivity contribution is -0.141. The van der Waals surface area contributed by atoms with Gasteiger partial charge in [-0.3, -0.25) is 13.9 Å². The Bertz CT molecular complexity index is 1540. The minimum atomic E-state index is -4.30. The summed E-state index contributed by atoms with van der Waals surface area (Å²) in [6.45, 7) is 6.64. The molecule has 2 amide bonds. The van der Waals surface area contributed by atoms with Crippen molar-refractivity contribution in [2.75, 3.05) is 25.1 Å². The quantitative estimate of drug-likeness (QED) is 0.261. The molecule has 0 radical (unpaired) electrons. The summed E-state index contributed by atoms with van der Waals surface area (Å²) in [5.41, 5.74) is 0.140. The number of anilines is 1. The van der Waals surface area contributed by atoms with Crippen LogP contribution in [0.1, 0.15) is 39.7 Å². The topological polar surface area (TPSA) is 105 Å². The standard InChI is InChI=1S/C31H37Cl2N3O6S/c1-7-26(30(38)34-31(2,3)4)35(19-21-13-15-24(32)25(33)17-21)29(37)20-36(43(39,40)23-11-9-8-10-12-23)27-18-22(41-5)14-16-28(27)42-6/h8-18,26H,7,19-20H2,1-6H3,(H,34,38). The molecule has 0 fully saturated rings. The van der Waals surface area contributed by atoms with E-state index < -0.39 is 34.1 Å². The summed E-state index contributed by atoms with van der Waals surface area (Å²) in [5.74, 6) is -0.423. The van der Waals surface area contributed by atoms with Crippen LogP contribution in [0.2, 0.25) is 10.0 Å². The maximum atomic E-state index is 14.3. The van der Waals surface area contributed by atoms with Crippen molar-refractivity contribution in [2.45, 2.75) is 57.1 Å². The van der Waals surface area contributed by atoms with E-state index in [0.717, 1.165) is 4.31 Å². The van der Waals surface area contributed by atoms with E-state index in [-0.39, 0.29) is 40.2 Å². The SMILES string of the molecule is CCC(C(=O)NC(C)(C)C)N(Cc1ccc(Cl)c(Cl)c1)C(=O)CN(c1cc(OC)ccc1OC)S(=O)(=O)c1ccccc1. The summed E-state index contributed by atoms with van der Waals surface area (Å²) in [6, 6.07) is 16.4. The monoisotopic (exact) mass is 649 g/mol. The summed E-state index contributed by atoms with van der Waals surface area (Å²) in [5, 5.41) is 3.56. The van der Waals surface area contributed by atoms with Crippen LogP contribution in [0.4, 0.5) is 5.69 Å². The number of nitrogens with one attached hydrogen (secondary N) is 1. The molecule has 9 nitrogen and oxygen atoms in total. The van der Waals surface area contributed by atoms with E-state index in [0.29, 0.717) is 16.3 Å². The minimum Gasteiger partial charge on any atom is -0.497 e. The molecule has 0 spiro atoms. The number of carbonyl (C=O) groups excluding carboxylic acids is 2. The van der Waals surface area contributed by atoms with E-state index >= 15 is 0 Å². The lowest BCUT2D eigenvalue weighted by atomic mass is 10.1. The molecule has 12 heteroatoms. The van der Waals surface area contributed by atoms with Gasteiger partial charge in [0.2, 0.25) is 11.8 Å². The van der Waals surface area contributed by atoms with Crippen LogP contribution >= 0.6 is 23.2 Å². The fraction of sp³-hybridized carbons (Fsp3) is 0.355. The summed E-state index contributed by atoms with van der Waals surface area (Å²) in [6.07, 6.45) is 0.267. The van der Waals surface area contributed by atoms with Gasteiger partial charge in [-0.05, 0) is 69.2 Å². The Balaban J connectivity index is 2.16. The van der Waals surface area contributed by atoms with E-state index in [1.165, 1.54) is 37.3 Å². The van der Waals surface area contributed by atoms with E-state index in [2.05, 4.69) is 5.32 Å². The summed E-state index contributed by atoms with van der Waals surface area (Å²) < 4.78 is 40.1. The average Bonchev–Trinajstić information content (AvgIpc) is 2.96. The zero-order valence-electron chi connectivity index (χ0n) is 25.1. The van der Waals surface area contributed by atoms with Crippen molar-refractivity contribution in [1.29, 1.82) is 0 Å². The van der Waals surface area contributed by atoms with E-state index in [4.69, 9.17) is 32.7 Å². The van der Waals surface area contributed by atoms with Gasteiger partial charge >= 0.3 is 0 Å². The Labute approximate surface area is 263 Å². The van der Waals surface area contributed by atoms with E-state index in [9.17, 15) is 18.0 Å². The van der Waals surface area contributed by atoms with Crippen LogP contribution in [0, 0.1) is 0 Å². The van der Waals surface area contributed by atoms with Crippen LogP contribution in [0.5, 0.6) is 11.5 Å². The van der Waals surface area contributed by atoms with Crippen LogP contribution in [-0.2, 0) is 26.2 Å². The highest BCUT2D eigenvalue weighted by molar-refractivity contribution is 7.92. The number of methoxy groups -OCH3 is 2. The number of rotatable bonds is 12. The first-order valence-electron chi connectivity index (χ1n) is 13.6. The lowest BCUT2D eigenvalue weighted by Gasteiger charge is -2.35. The summed E-state index contributed by atoms with van der Waals surface area (Å²) in [4.78, 5) is 29.1. The third-order valence-corrected chi connectivity index (χ3v) is 9.00. The first kappa shape index (κ1) is 34.0. The molecule has 3 aromatic rings. The number of halogens is 2. The van der Waals surface area contributed by atoms with Crippen LogP contribution in [-0.4, -0.2) is 57.5 Å². The Hall–Kier alpha value is -3.47. The maximum Gasteiger partial charge on any atom is 0.264 e. The first-order chi connectivity index (χ1) is 20.2. The number of carbonyl (C=O) groups is 2. The summed E-state index contributed by atoms with van der Waals surface area (Å²) >= 11 is 12.4. The molecule has 0 aliphatic rings. The number of amides is 2. The molecule has 0 aliphatic carbocycles. The van der Waals surface area contributed by atoms with Gasteiger partial charge in [-0.1, -0.05) is 54.4 Å². The molecule has 232 valence electrons. The van der Waals surface area contributed by atoms with Crippen molar-refractivity contribution in [1.82, 2.24) is 10.2 Å². The first-order valence-corrected chi connectivity index (χ1v) is 15.8. The highest BCUT2D eigenvalue weighted by atomic mass is 35.5. The van der Waals surface area contributed by atoms with Crippen LogP contribution < -0.4 is 19.1 Å². The zero-order chi connectivity index (χ0) is 31.9. The van der Waals surface area contributed by atoms with Crippen molar-refractivity contribution < 1.29 is 27.5 Å². The van der Waals surface area contributed by atoms with Crippen molar-refractivity contribution in [2.24, 2.45) is 0 Å². The smallest absolute Gasteiger partial charge is 0.264 e. The van der Waals surface area contributed by atoms with Gasteiger partial charge in [0, 0.05) is 18.2 Å². The van der Waals surface area contributed by atoms with Gasteiger partial charge < -0.3 is 19.7 Å². The molecule has 0 aromatic heterocycles. The Morgan fingerprint density at radius 3 is 2.16 bits per heavy atom. The van der Waals surface area contributed by atoms with Crippen molar-refractivity contribution >= 4 is 50.7 Å². The highest BCUT2D eigenvalue weighted by Gasteiger charge is 2.35. The van der Waals surface area contributed by atoms with Gasteiger partial charge in [-0.15, -0.1) is 0 Å². The fourth-order valence-corrected chi connectivity index (χ4v) is 6.19. The average molecular weight is 651 g/mol. The van der Waals surface area contributed by atoms with Crippen molar-refractivity contribution in [3.63, 3.8) is 0 Å². The van der Waals surface area contributed by atoms with Crippen LogP contribution in [0.15, 0.2) is 71.6 Å². The number of nitrogens with zero attached hydrogens (tertiary/aromatic N) is 2. The molecule has 0 aliphatic heterocycles. The molecular weight excluding hydrogens is 613 g/mol. The molecule has 0 bridgehead atoms. The third kappa shape index (κ3) is 8.55. The number of benzene rings is 3. The van der Waals surface area contributed by atoms with Gasteiger partial charge in [0.15, 0.2) is 0 Å². The largest absolute Gasteiger partial charge is 0.497 e. The molecule has 3 rings (SSSR count).